The van der Waals surface area contributed by atoms with Gasteiger partial charge in [0.1, 0.15) is 0 Å². The third kappa shape index (κ3) is 1.41. The third-order valence-electron chi connectivity index (χ3n) is 2.71. The first kappa shape index (κ1) is 8.54. The monoisotopic (exact) mass is 177 g/mol. The van der Waals surface area contributed by atoms with E-state index in [1.807, 2.05) is 0 Å². The van der Waals surface area contributed by atoms with E-state index in [1.165, 1.54) is 5.22 Å². The number of nitrogens with zero attached hydrogens (tertiary/aromatic N) is 1. The van der Waals surface area contributed by atoms with Gasteiger partial charge in [-0.1, -0.05) is 25.1 Å². The van der Waals surface area contributed by atoms with Crippen LogP contribution in [0.2, 0.25) is 0 Å². The summed E-state index contributed by atoms with van der Waals surface area (Å²) in [5.74, 6) is 0.509. The maximum Gasteiger partial charge on any atom is 0.162 e. The second kappa shape index (κ2) is 3.36. The van der Waals surface area contributed by atoms with E-state index in [0.717, 1.165) is 30.4 Å². The van der Waals surface area contributed by atoms with Crippen LogP contribution in [0.15, 0.2) is 4.52 Å². The fraction of sp³-hybridized carbons (Fsp3) is 0.545. The molecule has 0 saturated heterocycles. The van der Waals surface area contributed by atoms with Crippen molar-refractivity contribution in [3.05, 3.63) is 16.3 Å². The Labute approximate surface area is 77.9 Å². The molecule has 0 aromatic carbocycles. The summed E-state index contributed by atoms with van der Waals surface area (Å²) >= 11 is 0. The molecule has 1 atom stereocenters. The summed E-state index contributed by atoms with van der Waals surface area (Å²) in [6, 6.07) is 0. The van der Waals surface area contributed by atoms with Crippen molar-refractivity contribution in [1.82, 2.24) is 5.16 Å². The van der Waals surface area contributed by atoms with E-state index in [4.69, 9.17) is 4.52 Å². The molecule has 1 unspecified atom stereocenters. The second-order valence-electron chi connectivity index (χ2n) is 3.64. The molecular formula is C11H15NO. The van der Waals surface area contributed by atoms with E-state index in [2.05, 4.69) is 31.2 Å². The van der Waals surface area contributed by atoms with Gasteiger partial charge in [-0.25, -0.2) is 0 Å². The molecule has 1 aliphatic rings. The lowest BCUT2D eigenvalue weighted by Crippen LogP contribution is -2.25. The first-order valence-electron chi connectivity index (χ1n) is 4.99. The van der Waals surface area contributed by atoms with Crippen LogP contribution in [0.3, 0.4) is 0 Å². The minimum atomic E-state index is 0.509. The van der Waals surface area contributed by atoms with Gasteiger partial charge in [0.15, 0.2) is 5.42 Å². The number of hydrogen-bond donors (Lipinski definition) is 0. The van der Waals surface area contributed by atoms with Gasteiger partial charge in [0.25, 0.3) is 0 Å². The molecule has 1 aromatic heterocycles. The average molecular weight is 177 g/mol. The Morgan fingerprint density at radius 3 is 3.00 bits per heavy atom. The minimum absolute atomic E-state index is 0.509. The average Bonchev–Trinajstić information content (AvgIpc) is 2.60. The van der Waals surface area contributed by atoms with E-state index in [9.17, 15) is 0 Å². The number of hydrogen-bond acceptors (Lipinski definition) is 2. The molecule has 0 aliphatic heterocycles. The molecule has 0 radical (unpaired) electrons. The van der Waals surface area contributed by atoms with Crippen LogP contribution in [-0.4, -0.2) is 5.16 Å². The van der Waals surface area contributed by atoms with Crippen molar-refractivity contribution in [2.24, 2.45) is 0 Å². The summed E-state index contributed by atoms with van der Waals surface area (Å²) in [4.78, 5) is 0. The van der Waals surface area contributed by atoms with Crippen molar-refractivity contribution in [3.8, 4) is 0 Å². The van der Waals surface area contributed by atoms with Crippen molar-refractivity contribution in [1.29, 1.82) is 0 Å². The lowest BCUT2D eigenvalue weighted by atomic mass is 10.0. The molecule has 1 aliphatic carbocycles. The quantitative estimate of drug-likeness (QED) is 0.685. The van der Waals surface area contributed by atoms with Crippen LogP contribution in [0.4, 0.5) is 0 Å². The topological polar surface area (TPSA) is 26.0 Å². The van der Waals surface area contributed by atoms with Gasteiger partial charge < -0.3 is 4.52 Å². The lowest BCUT2D eigenvalue weighted by molar-refractivity contribution is 0.382. The molecule has 0 spiro atoms. The summed E-state index contributed by atoms with van der Waals surface area (Å²) in [7, 11) is 0. The summed E-state index contributed by atoms with van der Waals surface area (Å²) in [5.41, 5.74) is 2.11. The van der Waals surface area contributed by atoms with Gasteiger partial charge >= 0.3 is 0 Å². The van der Waals surface area contributed by atoms with Crippen LogP contribution in [0.5, 0.6) is 0 Å². The Hall–Kier alpha value is -1.05. The van der Waals surface area contributed by atoms with Gasteiger partial charge in [-0.3, -0.25) is 0 Å². The Kier molecular flexibility index (Phi) is 2.21. The Morgan fingerprint density at radius 1 is 1.46 bits per heavy atom. The van der Waals surface area contributed by atoms with Gasteiger partial charge in [0.05, 0.1) is 5.69 Å². The first-order valence-corrected chi connectivity index (χ1v) is 4.99. The molecule has 0 fully saturated rings. The van der Waals surface area contributed by atoms with Gasteiger partial charge in [0.2, 0.25) is 0 Å². The summed E-state index contributed by atoms with van der Waals surface area (Å²) < 4.78 is 5.27. The molecule has 0 bridgehead atoms. The molecule has 13 heavy (non-hydrogen) atoms. The zero-order valence-corrected chi connectivity index (χ0v) is 8.21. The van der Waals surface area contributed by atoms with Gasteiger partial charge in [-0.05, 0) is 25.3 Å². The zero-order valence-electron chi connectivity index (χ0n) is 8.21. The molecule has 2 heteroatoms. The maximum absolute atomic E-state index is 5.27. The van der Waals surface area contributed by atoms with Crippen LogP contribution >= 0.6 is 0 Å². The zero-order chi connectivity index (χ0) is 9.26. The van der Waals surface area contributed by atoms with E-state index >= 15 is 0 Å². The van der Waals surface area contributed by atoms with E-state index < -0.39 is 0 Å². The van der Waals surface area contributed by atoms with Crippen molar-refractivity contribution in [2.75, 3.05) is 0 Å². The van der Waals surface area contributed by atoms with Crippen LogP contribution in [0.1, 0.15) is 44.7 Å². The molecule has 1 aromatic rings. The highest BCUT2D eigenvalue weighted by Crippen LogP contribution is 2.12. The smallest absolute Gasteiger partial charge is 0.162 e. The highest BCUT2D eigenvalue weighted by molar-refractivity contribution is 5.36. The Morgan fingerprint density at radius 2 is 2.23 bits per heavy atom. The largest absolute Gasteiger partial charge is 0.356 e. The summed E-state index contributed by atoms with van der Waals surface area (Å²) in [6.07, 6.45) is 7.70. The fourth-order valence-corrected chi connectivity index (χ4v) is 1.67. The first-order chi connectivity index (χ1) is 6.33. The molecule has 2 rings (SSSR count). The number of fused-ring (bicyclic) bond motifs is 1. The van der Waals surface area contributed by atoms with E-state index in [-0.39, 0.29) is 0 Å². The van der Waals surface area contributed by atoms with Crippen molar-refractivity contribution >= 4 is 12.2 Å². The molecule has 0 N–H and O–H groups in total. The SMILES string of the molecule is CCC(C)c1noc2c1=CCCC=2. The maximum atomic E-state index is 5.27. The molecule has 0 saturated carbocycles. The van der Waals surface area contributed by atoms with Crippen molar-refractivity contribution < 1.29 is 4.52 Å². The molecular weight excluding hydrogens is 162 g/mol. The van der Waals surface area contributed by atoms with Crippen LogP contribution in [0.25, 0.3) is 12.2 Å². The second-order valence-corrected chi connectivity index (χ2v) is 3.64. The fourth-order valence-electron chi connectivity index (χ4n) is 1.67. The molecule has 1 heterocycles. The van der Waals surface area contributed by atoms with Crippen molar-refractivity contribution in [3.63, 3.8) is 0 Å². The van der Waals surface area contributed by atoms with Crippen LogP contribution in [0, 0.1) is 0 Å². The van der Waals surface area contributed by atoms with Gasteiger partial charge in [-0.2, -0.15) is 0 Å². The summed E-state index contributed by atoms with van der Waals surface area (Å²) in [5, 5.41) is 5.37. The van der Waals surface area contributed by atoms with Gasteiger partial charge in [0, 0.05) is 11.1 Å². The minimum Gasteiger partial charge on any atom is -0.356 e. The predicted octanol–water partition coefficient (Wildman–Crippen LogP) is 1.54. The Balaban J connectivity index is 2.56. The molecule has 70 valence electrons. The standard InChI is InChI=1S/C11H15NO/c1-3-8(2)11-9-6-4-5-7-10(9)13-12-11/h6-8H,3-5H2,1-2H3. The number of rotatable bonds is 2. The normalized spacial score (nSPS) is 17.1. The van der Waals surface area contributed by atoms with E-state index in [0.29, 0.717) is 5.92 Å². The lowest BCUT2D eigenvalue weighted by Gasteiger charge is -2.02. The van der Waals surface area contributed by atoms with Crippen molar-refractivity contribution in [2.45, 2.75) is 39.0 Å². The molecule has 0 amide bonds. The van der Waals surface area contributed by atoms with Gasteiger partial charge in [-0.15, -0.1) is 0 Å². The number of aromatic nitrogens is 1. The van der Waals surface area contributed by atoms with E-state index in [1.54, 1.807) is 0 Å². The van der Waals surface area contributed by atoms with Crippen LogP contribution < -0.4 is 10.6 Å². The molecule has 2 nitrogen and oxygen atoms in total. The highest BCUT2D eigenvalue weighted by atomic mass is 16.5. The van der Waals surface area contributed by atoms with Crippen LogP contribution in [-0.2, 0) is 0 Å². The predicted molar refractivity (Wildman–Crippen MR) is 52.6 cm³/mol. The highest BCUT2D eigenvalue weighted by Gasteiger charge is 2.11. The Bertz CT molecular complexity index is 402. The summed E-state index contributed by atoms with van der Waals surface area (Å²) in [6.45, 7) is 4.37. The third-order valence-corrected chi connectivity index (χ3v) is 2.71.